The van der Waals surface area contributed by atoms with Gasteiger partial charge in [0.2, 0.25) is 0 Å². The first-order valence-corrected chi connectivity index (χ1v) is 12.4. The average Bonchev–Trinajstić information content (AvgIpc) is 3.27. The molecule has 3 fully saturated rings. The number of hydrogen-bond donors (Lipinski definition) is 0. The molecule has 0 aromatic carbocycles. The van der Waals surface area contributed by atoms with E-state index in [1.165, 1.54) is 0 Å². The summed E-state index contributed by atoms with van der Waals surface area (Å²) < 4.78 is 18.1. The van der Waals surface area contributed by atoms with Crippen LogP contribution in [0.1, 0.15) is 66.2 Å². The monoisotopic (exact) mass is 453 g/mol. The second-order valence-corrected chi connectivity index (χ2v) is 10.4. The lowest BCUT2D eigenvalue weighted by molar-refractivity contribution is -0.281. The van der Waals surface area contributed by atoms with Crippen molar-refractivity contribution < 1.29 is 23.8 Å². The van der Waals surface area contributed by atoms with Crippen LogP contribution >= 0.6 is 0 Å². The van der Waals surface area contributed by atoms with E-state index in [1.54, 1.807) is 0 Å². The van der Waals surface area contributed by atoms with Gasteiger partial charge in [0.05, 0.1) is 18.6 Å². The summed E-state index contributed by atoms with van der Waals surface area (Å²) in [6.45, 7) is 12.9. The highest BCUT2D eigenvalue weighted by Gasteiger charge is 2.55. The van der Waals surface area contributed by atoms with Crippen LogP contribution in [-0.2, 0) is 23.8 Å². The fourth-order valence-corrected chi connectivity index (χ4v) is 5.04. The number of rotatable bonds is 7. The van der Waals surface area contributed by atoms with Crippen molar-refractivity contribution in [3.63, 3.8) is 0 Å². The van der Waals surface area contributed by atoms with Gasteiger partial charge in [-0.05, 0) is 73.3 Å². The standard InChI is InChI=1S/C24H43N3O5/c1-6-30-21(28)19-9-11-20(12-10-19)31-24(26-13-7-8-14-26,22(29)32-23(2,3)4)27-17-15-25(5)16-18-27/h19-20H,6-18H2,1-5H3. The minimum Gasteiger partial charge on any atom is -0.466 e. The molecule has 184 valence electrons. The molecular formula is C24H43N3O5. The average molecular weight is 454 g/mol. The van der Waals surface area contributed by atoms with E-state index < -0.39 is 11.4 Å². The van der Waals surface area contributed by atoms with Crippen LogP contribution < -0.4 is 0 Å². The van der Waals surface area contributed by atoms with E-state index in [1.807, 2.05) is 27.7 Å². The number of nitrogens with zero attached hydrogens (tertiary/aromatic N) is 3. The maximum Gasteiger partial charge on any atom is 0.371 e. The minimum absolute atomic E-state index is 0.0684. The molecule has 0 N–H and O–H groups in total. The third-order valence-electron chi connectivity index (χ3n) is 6.76. The third kappa shape index (κ3) is 6.01. The number of likely N-dealkylation sites (tertiary alicyclic amines) is 1. The molecule has 0 radical (unpaired) electrons. The predicted molar refractivity (Wildman–Crippen MR) is 122 cm³/mol. The molecule has 32 heavy (non-hydrogen) atoms. The Hall–Kier alpha value is -1.22. The highest BCUT2D eigenvalue weighted by atomic mass is 16.6. The van der Waals surface area contributed by atoms with Crippen molar-refractivity contribution in [1.29, 1.82) is 0 Å². The molecule has 2 aliphatic heterocycles. The summed E-state index contributed by atoms with van der Waals surface area (Å²) in [5.41, 5.74) is -0.598. The summed E-state index contributed by atoms with van der Waals surface area (Å²) in [6, 6.07) is 0. The second kappa shape index (κ2) is 10.8. The van der Waals surface area contributed by atoms with Gasteiger partial charge in [0, 0.05) is 39.3 Å². The molecule has 3 rings (SSSR count). The molecule has 0 aromatic rings. The van der Waals surface area contributed by atoms with Gasteiger partial charge in [-0.1, -0.05) is 0 Å². The molecule has 8 nitrogen and oxygen atoms in total. The molecule has 2 heterocycles. The van der Waals surface area contributed by atoms with Crippen LogP contribution in [-0.4, -0.2) is 97.1 Å². The van der Waals surface area contributed by atoms with Gasteiger partial charge in [-0.15, -0.1) is 0 Å². The Morgan fingerprint density at radius 3 is 1.97 bits per heavy atom. The minimum atomic E-state index is -1.20. The summed E-state index contributed by atoms with van der Waals surface area (Å²) in [7, 11) is 2.11. The molecule has 2 saturated heterocycles. The summed E-state index contributed by atoms with van der Waals surface area (Å²) >= 11 is 0. The Kier molecular flexibility index (Phi) is 8.58. The second-order valence-electron chi connectivity index (χ2n) is 10.4. The highest BCUT2D eigenvalue weighted by molar-refractivity contribution is 5.79. The first-order valence-electron chi connectivity index (χ1n) is 12.4. The molecule has 0 amide bonds. The van der Waals surface area contributed by atoms with Gasteiger partial charge in [0.25, 0.3) is 5.85 Å². The van der Waals surface area contributed by atoms with Crippen LogP contribution in [0.4, 0.5) is 0 Å². The van der Waals surface area contributed by atoms with Crippen LogP contribution in [0.15, 0.2) is 0 Å². The SMILES string of the molecule is CCOC(=O)C1CCC(OC(C(=O)OC(C)(C)C)(N2CCCC2)N2CCN(C)CC2)CC1. The number of likely N-dealkylation sites (N-methyl/N-ethyl adjacent to an activating group) is 1. The number of piperazine rings is 1. The van der Waals surface area contributed by atoms with E-state index in [9.17, 15) is 9.59 Å². The Bertz CT molecular complexity index is 630. The van der Waals surface area contributed by atoms with Crippen molar-refractivity contribution >= 4 is 11.9 Å². The van der Waals surface area contributed by atoms with Crippen LogP contribution in [0.5, 0.6) is 0 Å². The van der Waals surface area contributed by atoms with Crippen molar-refractivity contribution in [3.8, 4) is 0 Å². The van der Waals surface area contributed by atoms with E-state index >= 15 is 0 Å². The molecule has 0 bridgehead atoms. The molecule has 1 saturated carbocycles. The number of hydrogen-bond acceptors (Lipinski definition) is 8. The first-order chi connectivity index (χ1) is 15.2. The molecule has 0 aromatic heterocycles. The number of carbonyl (C=O) groups excluding carboxylic acids is 2. The zero-order valence-electron chi connectivity index (χ0n) is 20.7. The lowest BCUT2D eigenvalue weighted by atomic mass is 9.87. The molecule has 8 heteroatoms. The summed E-state index contributed by atoms with van der Waals surface area (Å²) in [5.74, 6) is -1.68. The van der Waals surface area contributed by atoms with Crippen molar-refractivity contribution in [2.45, 2.75) is 83.8 Å². The Labute approximate surface area is 193 Å². The quantitative estimate of drug-likeness (QED) is 0.545. The van der Waals surface area contributed by atoms with E-state index in [2.05, 4.69) is 21.7 Å². The Morgan fingerprint density at radius 2 is 1.44 bits per heavy atom. The fraction of sp³-hybridized carbons (Fsp3) is 0.917. The van der Waals surface area contributed by atoms with Crippen LogP contribution in [0, 0.1) is 5.92 Å². The Morgan fingerprint density at radius 1 is 0.875 bits per heavy atom. The van der Waals surface area contributed by atoms with E-state index in [4.69, 9.17) is 14.2 Å². The van der Waals surface area contributed by atoms with Gasteiger partial charge in [-0.25, -0.2) is 4.79 Å². The normalized spacial score (nSPS) is 28.3. The summed E-state index contributed by atoms with van der Waals surface area (Å²) in [6.07, 6.45) is 4.97. The molecule has 1 atom stereocenters. The van der Waals surface area contributed by atoms with Gasteiger partial charge in [-0.2, -0.15) is 0 Å². The molecular weight excluding hydrogens is 410 g/mol. The molecule has 3 aliphatic rings. The lowest BCUT2D eigenvalue weighted by Gasteiger charge is -2.51. The number of carbonyl (C=O) groups is 2. The summed E-state index contributed by atoms with van der Waals surface area (Å²) in [4.78, 5) is 32.7. The van der Waals surface area contributed by atoms with Gasteiger partial charge < -0.3 is 19.1 Å². The van der Waals surface area contributed by atoms with E-state index in [0.29, 0.717) is 6.61 Å². The van der Waals surface area contributed by atoms with Gasteiger partial charge >= 0.3 is 11.9 Å². The van der Waals surface area contributed by atoms with Crippen LogP contribution in [0.25, 0.3) is 0 Å². The third-order valence-corrected chi connectivity index (χ3v) is 6.76. The van der Waals surface area contributed by atoms with E-state index in [-0.39, 0.29) is 24.0 Å². The van der Waals surface area contributed by atoms with E-state index in [0.717, 1.165) is 77.8 Å². The number of esters is 2. The Balaban J connectivity index is 1.83. The summed E-state index contributed by atoms with van der Waals surface area (Å²) in [5, 5.41) is 0. The maximum atomic E-state index is 13.9. The largest absolute Gasteiger partial charge is 0.466 e. The first kappa shape index (κ1) is 25.4. The zero-order chi connectivity index (χ0) is 23.4. The zero-order valence-corrected chi connectivity index (χ0v) is 20.7. The molecule has 0 spiro atoms. The topological polar surface area (TPSA) is 71.5 Å². The van der Waals surface area contributed by atoms with Crippen molar-refractivity contribution in [1.82, 2.24) is 14.7 Å². The van der Waals surface area contributed by atoms with Gasteiger partial charge in [0.15, 0.2) is 0 Å². The van der Waals surface area contributed by atoms with Crippen LogP contribution in [0.3, 0.4) is 0 Å². The van der Waals surface area contributed by atoms with Crippen molar-refractivity contribution in [2.75, 3.05) is 52.9 Å². The lowest BCUT2D eigenvalue weighted by Crippen LogP contribution is -2.71. The number of ether oxygens (including phenoxy) is 3. The van der Waals surface area contributed by atoms with Crippen molar-refractivity contribution in [3.05, 3.63) is 0 Å². The maximum absolute atomic E-state index is 13.9. The molecule has 1 aliphatic carbocycles. The smallest absolute Gasteiger partial charge is 0.371 e. The van der Waals surface area contributed by atoms with Gasteiger partial charge in [0.1, 0.15) is 5.60 Å². The van der Waals surface area contributed by atoms with Gasteiger partial charge in [-0.3, -0.25) is 14.6 Å². The fourth-order valence-electron chi connectivity index (χ4n) is 5.04. The molecule has 1 unspecified atom stereocenters. The van der Waals surface area contributed by atoms with Crippen LogP contribution in [0.2, 0.25) is 0 Å². The van der Waals surface area contributed by atoms with Crippen molar-refractivity contribution in [2.24, 2.45) is 5.92 Å². The predicted octanol–water partition coefficient (Wildman–Crippen LogP) is 2.46. The highest BCUT2D eigenvalue weighted by Crippen LogP contribution is 2.36.